The fraction of sp³-hybridized carbons (Fsp3) is 0.556. The molecule has 0 saturated carbocycles. The van der Waals surface area contributed by atoms with Crippen molar-refractivity contribution in [2.75, 3.05) is 20.1 Å². The van der Waals surface area contributed by atoms with Gasteiger partial charge in [-0.15, -0.1) is 11.8 Å². The molecule has 0 aromatic heterocycles. The molecule has 1 saturated heterocycles. The number of nitrogens with zero attached hydrogens (tertiary/aromatic N) is 2. The number of thioether (sulfide) groups is 1. The zero-order valence-corrected chi connectivity index (χ0v) is 15.5. The number of carbonyl (C=O) groups is 2. The molecule has 2 atom stereocenters. The van der Waals surface area contributed by atoms with Gasteiger partial charge in [-0.2, -0.15) is 0 Å². The van der Waals surface area contributed by atoms with Gasteiger partial charge < -0.3 is 9.80 Å². The van der Waals surface area contributed by atoms with Gasteiger partial charge in [0.15, 0.2) is 0 Å². The number of likely N-dealkylation sites (N-methyl/N-ethyl adjacent to an activating group) is 1. The molecule has 1 aliphatic rings. The number of halogens is 1. The maximum atomic E-state index is 14.1. The first-order chi connectivity index (χ1) is 11.3. The Hall–Kier alpha value is -1.56. The van der Waals surface area contributed by atoms with Crippen molar-refractivity contribution in [3.8, 4) is 0 Å². The minimum absolute atomic E-state index is 0.00189. The average Bonchev–Trinajstić information content (AvgIpc) is 2.80. The van der Waals surface area contributed by atoms with Crippen molar-refractivity contribution in [1.29, 1.82) is 0 Å². The van der Waals surface area contributed by atoms with Gasteiger partial charge in [0.1, 0.15) is 11.2 Å². The SMILES string of the molecule is CC(C)CC(=O)N(C)CCN1C(=O)[C@@H](C)S[C@H]1c1ccccc1F. The summed E-state index contributed by atoms with van der Waals surface area (Å²) in [6.45, 7) is 6.71. The van der Waals surface area contributed by atoms with Gasteiger partial charge in [-0.3, -0.25) is 9.59 Å². The topological polar surface area (TPSA) is 40.6 Å². The van der Waals surface area contributed by atoms with Gasteiger partial charge in [-0.1, -0.05) is 32.0 Å². The summed E-state index contributed by atoms with van der Waals surface area (Å²) >= 11 is 1.45. The normalized spacial score (nSPS) is 20.8. The van der Waals surface area contributed by atoms with Crippen LogP contribution in [0.3, 0.4) is 0 Å². The lowest BCUT2D eigenvalue weighted by atomic mass is 10.1. The predicted molar refractivity (Wildman–Crippen MR) is 95.0 cm³/mol. The number of rotatable bonds is 6. The van der Waals surface area contributed by atoms with Crippen LogP contribution >= 0.6 is 11.8 Å². The van der Waals surface area contributed by atoms with Crippen LogP contribution < -0.4 is 0 Å². The molecule has 6 heteroatoms. The van der Waals surface area contributed by atoms with Gasteiger partial charge in [0.05, 0.1) is 5.25 Å². The molecule has 0 radical (unpaired) electrons. The Balaban J connectivity index is 2.07. The Morgan fingerprint density at radius 1 is 1.38 bits per heavy atom. The van der Waals surface area contributed by atoms with E-state index in [1.807, 2.05) is 20.8 Å². The van der Waals surface area contributed by atoms with E-state index >= 15 is 0 Å². The number of carbonyl (C=O) groups excluding carboxylic acids is 2. The first-order valence-electron chi connectivity index (χ1n) is 8.25. The molecule has 24 heavy (non-hydrogen) atoms. The lowest BCUT2D eigenvalue weighted by molar-refractivity contribution is -0.134. The molecule has 1 heterocycles. The molecule has 1 fully saturated rings. The van der Waals surface area contributed by atoms with Crippen LogP contribution in [0, 0.1) is 11.7 Å². The zero-order chi connectivity index (χ0) is 17.9. The Morgan fingerprint density at radius 2 is 2.04 bits per heavy atom. The van der Waals surface area contributed by atoms with E-state index < -0.39 is 0 Å². The van der Waals surface area contributed by atoms with Gasteiger partial charge in [0, 0.05) is 32.1 Å². The molecular weight excluding hydrogens is 327 g/mol. The van der Waals surface area contributed by atoms with E-state index in [0.29, 0.717) is 31.0 Å². The fourth-order valence-electron chi connectivity index (χ4n) is 2.71. The molecule has 1 aromatic carbocycles. The Morgan fingerprint density at radius 3 is 2.67 bits per heavy atom. The van der Waals surface area contributed by atoms with E-state index in [2.05, 4.69) is 0 Å². The van der Waals surface area contributed by atoms with Gasteiger partial charge in [-0.25, -0.2) is 4.39 Å². The smallest absolute Gasteiger partial charge is 0.236 e. The van der Waals surface area contributed by atoms with E-state index in [9.17, 15) is 14.0 Å². The lowest BCUT2D eigenvalue weighted by Gasteiger charge is -2.27. The third-order valence-electron chi connectivity index (χ3n) is 4.10. The standard InChI is InChI=1S/C18H25FN2O2S/c1-12(2)11-16(22)20(4)9-10-21-17(23)13(3)24-18(21)14-7-5-6-8-15(14)19/h5-8,12-13,18H,9-11H2,1-4H3/t13-,18+/m1/s1. The molecule has 1 aromatic rings. The van der Waals surface area contributed by atoms with Crippen LogP contribution in [0.4, 0.5) is 4.39 Å². The van der Waals surface area contributed by atoms with Gasteiger partial charge in [0.2, 0.25) is 11.8 Å². The van der Waals surface area contributed by atoms with Crippen LogP contribution in [0.25, 0.3) is 0 Å². The van der Waals surface area contributed by atoms with Crippen molar-refractivity contribution in [3.05, 3.63) is 35.6 Å². The van der Waals surface area contributed by atoms with Gasteiger partial charge in [-0.05, 0) is 18.9 Å². The van der Waals surface area contributed by atoms with Crippen molar-refractivity contribution < 1.29 is 14.0 Å². The predicted octanol–water partition coefficient (Wildman–Crippen LogP) is 3.29. The van der Waals surface area contributed by atoms with Crippen molar-refractivity contribution in [1.82, 2.24) is 9.80 Å². The molecule has 4 nitrogen and oxygen atoms in total. The zero-order valence-electron chi connectivity index (χ0n) is 14.7. The molecule has 1 aliphatic heterocycles. The van der Waals surface area contributed by atoms with Crippen LogP contribution in [0.5, 0.6) is 0 Å². The fourth-order valence-corrected chi connectivity index (χ4v) is 4.04. The van der Waals surface area contributed by atoms with Crippen molar-refractivity contribution in [2.45, 2.75) is 37.8 Å². The summed E-state index contributed by atoms with van der Waals surface area (Å²) in [5.41, 5.74) is 0.524. The first-order valence-corrected chi connectivity index (χ1v) is 9.20. The van der Waals surface area contributed by atoms with Crippen LogP contribution in [0.15, 0.2) is 24.3 Å². The third-order valence-corrected chi connectivity index (χ3v) is 5.48. The van der Waals surface area contributed by atoms with E-state index in [1.54, 1.807) is 35.0 Å². The minimum atomic E-state index is -0.331. The van der Waals surface area contributed by atoms with E-state index in [0.717, 1.165) is 0 Å². The minimum Gasteiger partial charge on any atom is -0.344 e. The van der Waals surface area contributed by atoms with Crippen molar-refractivity contribution in [2.24, 2.45) is 5.92 Å². The van der Waals surface area contributed by atoms with Gasteiger partial charge >= 0.3 is 0 Å². The summed E-state index contributed by atoms with van der Waals surface area (Å²) in [6.07, 6.45) is 0.492. The first kappa shape index (κ1) is 18.8. The van der Waals surface area contributed by atoms with Crippen LogP contribution in [0.1, 0.15) is 38.1 Å². The van der Waals surface area contributed by atoms with E-state index in [4.69, 9.17) is 0 Å². The van der Waals surface area contributed by atoms with E-state index in [-0.39, 0.29) is 28.3 Å². The summed E-state index contributed by atoms with van der Waals surface area (Å²) in [5.74, 6) is 0.0685. The maximum absolute atomic E-state index is 14.1. The summed E-state index contributed by atoms with van der Waals surface area (Å²) in [5, 5.41) is -0.534. The molecule has 2 rings (SSSR count). The molecule has 2 amide bonds. The highest BCUT2D eigenvalue weighted by Crippen LogP contribution is 2.43. The molecule has 0 unspecified atom stereocenters. The van der Waals surface area contributed by atoms with Crippen molar-refractivity contribution in [3.63, 3.8) is 0 Å². The lowest BCUT2D eigenvalue weighted by Crippen LogP contribution is -2.39. The molecular formula is C18H25FN2O2S. The second-order valence-electron chi connectivity index (χ2n) is 6.60. The van der Waals surface area contributed by atoms with Crippen LogP contribution in [-0.4, -0.2) is 47.0 Å². The summed E-state index contributed by atoms with van der Waals surface area (Å²) < 4.78 is 14.1. The van der Waals surface area contributed by atoms with Crippen LogP contribution in [0.2, 0.25) is 0 Å². The van der Waals surface area contributed by atoms with Crippen molar-refractivity contribution >= 4 is 23.6 Å². The highest BCUT2D eigenvalue weighted by Gasteiger charge is 2.39. The highest BCUT2D eigenvalue weighted by atomic mass is 32.2. The average molecular weight is 352 g/mol. The third kappa shape index (κ3) is 4.29. The van der Waals surface area contributed by atoms with Gasteiger partial charge in [0.25, 0.3) is 0 Å². The molecule has 0 aliphatic carbocycles. The second-order valence-corrected chi connectivity index (χ2v) is 8.02. The Kier molecular flexibility index (Phi) is 6.27. The number of hydrogen-bond donors (Lipinski definition) is 0. The Labute approximate surface area is 147 Å². The second kappa shape index (κ2) is 8.01. The quantitative estimate of drug-likeness (QED) is 0.789. The highest BCUT2D eigenvalue weighted by molar-refractivity contribution is 8.01. The number of hydrogen-bond acceptors (Lipinski definition) is 3. The number of benzene rings is 1. The molecule has 0 spiro atoms. The van der Waals surface area contributed by atoms with E-state index in [1.165, 1.54) is 17.8 Å². The maximum Gasteiger partial charge on any atom is 0.236 e. The van der Waals surface area contributed by atoms with Crippen LogP contribution in [-0.2, 0) is 9.59 Å². The molecule has 132 valence electrons. The molecule has 0 bridgehead atoms. The number of amides is 2. The Bertz CT molecular complexity index is 608. The summed E-state index contributed by atoms with van der Waals surface area (Å²) in [4.78, 5) is 27.8. The largest absolute Gasteiger partial charge is 0.344 e. The summed E-state index contributed by atoms with van der Waals surface area (Å²) in [7, 11) is 1.75. The summed E-state index contributed by atoms with van der Waals surface area (Å²) in [6, 6.07) is 6.56. The molecule has 0 N–H and O–H groups in total. The monoisotopic (exact) mass is 352 g/mol.